The summed E-state index contributed by atoms with van der Waals surface area (Å²) in [5.41, 5.74) is 2.94. The summed E-state index contributed by atoms with van der Waals surface area (Å²) in [4.78, 5) is 23.2. The molecule has 0 N–H and O–H groups in total. The number of imidazole rings is 1. The molecule has 1 aliphatic heterocycles. The minimum atomic E-state index is 0.0752. The average molecular weight is 346 g/mol. The summed E-state index contributed by atoms with van der Waals surface area (Å²) in [6.07, 6.45) is 6.27. The number of carbonyl (C=O) groups is 1. The Kier molecular flexibility index (Phi) is 4.52. The molecule has 1 aliphatic rings. The molecule has 0 radical (unpaired) electrons. The number of hydrogen-bond donors (Lipinski definition) is 0. The van der Waals surface area contributed by atoms with Crippen LogP contribution in [0.3, 0.4) is 0 Å². The lowest BCUT2D eigenvalue weighted by Crippen LogP contribution is -2.29. The maximum Gasteiger partial charge on any atom is 0.255 e. The molecule has 0 spiro atoms. The second-order valence-electron chi connectivity index (χ2n) is 6.85. The summed E-state index contributed by atoms with van der Waals surface area (Å²) in [7, 11) is 0. The first-order valence-electron chi connectivity index (χ1n) is 8.99. The SMILES string of the molecule is Cc1cnc(-c2ccccc2)n1CC1CCN(C(=O)c2cccnc2)C1. The second-order valence-corrected chi connectivity index (χ2v) is 6.85. The molecule has 2 aromatic heterocycles. The van der Waals surface area contributed by atoms with Gasteiger partial charge in [0.05, 0.1) is 5.56 Å². The summed E-state index contributed by atoms with van der Waals surface area (Å²) in [5, 5.41) is 0. The summed E-state index contributed by atoms with van der Waals surface area (Å²) in [6, 6.07) is 13.9. The van der Waals surface area contributed by atoms with Crippen LogP contribution in [0.25, 0.3) is 11.4 Å². The first-order chi connectivity index (χ1) is 12.7. The van der Waals surface area contributed by atoms with E-state index in [0.29, 0.717) is 11.5 Å². The molecule has 1 unspecified atom stereocenters. The standard InChI is InChI=1S/C21H22N4O/c1-16-12-23-20(18-6-3-2-4-7-18)25(16)15-17-9-11-24(14-17)21(26)19-8-5-10-22-13-19/h2-8,10,12-13,17H,9,11,14-15H2,1H3. The number of nitrogens with zero attached hydrogens (tertiary/aromatic N) is 4. The fraction of sp³-hybridized carbons (Fsp3) is 0.286. The van der Waals surface area contributed by atoms with E-state index >= 15 is 0 Å². The fourth-order valence-corrected chi connectivity index (χ4v) is 3.61. The van der Waals surface area contributed by atoms with Crippen molar-refractivity contribution in [3.05, 3.63) is 72.3 Å². The van der Waals surface area contributed by atoms with Crippen molar-refractivity contribution in [2.24, 2.45) is 5.92 Å². The number of hydrogen-bond acceptors (Lipinski definition) is 3. The summed E-state index contributed by atoms with van der Waals surface area (Å²) >= 11 is 0. The molecular formula is C21H22N4O. The predicted octanol–water partition coefficient (Wildman–Crippen LogP) is 3.42. The minimum Gasteiger partial charge on any atom is -0.338 e. The fourth-order valence-electron chi connectivity index (χ4n) is 3.61. The number of aryl methyl sites for hydroxylation is 1. The molecule has 5 heteroatoms. The van der Waals surface area contributed by atoms with Crippen LogP contribution in [-0.2, 0) is 6.54 Å². The van der Waals surface area contributed by atoms with Crippen molar-refractivity contribution in [1.29, 1.82) is 0 Å². The van der Waals surface area contributed by atoms with Gasteiger partial charge in [0.2, 0.25) is 0 Å². The molecule has 1 amide bonds. The largest absolute Gasteiger partial charge is 0.338 e. The molecule has 5 nitrogen and oxygen atoms in total. The predicted molar refractivity (Wildman–Crippen MR) is 101 cm³/mol. The lowest BCUT2D eigenvalue weighted by atomic mass is 10.1. The van der Waals surface area contributed by atoms with Gasteiger partial charge in [-0.1, -0.05) is 30.3 Å². The van der Waals surface area contributed by atoms with Crippen molar-refractivity contribution in [3.63, 3.8) is 0 Å². The summed E-state index contributed by atoms with van der Waals surface area (Å²) < 4.78 is 2.28. The summed E-state index contributed by atoms with van der Waals surface area (Å²) in [5.74, 6) is 1.51. The van der Waals surface area contributed by atoms with Crippen LogP contribution in [0.15, 0.2) is 61.1 Å². The van der Waals surface area contributed by atoms with Crippen molar-refractivity contribution in [2.45, 2.75) is 19.9 Å². The molecule has 1 fully saturated rings. The highest BCUT2D eigenvalue weighted by molar-refractivity contribution is 5.94. The van der Waals surface area contributed by atoms with Crippen LogP contribution in [0.4, 0.5) is 0 Å². The Bertz CT molecular complexity index is 889. The van der Waals surface area contributed by atoms with Crippen LogP contribution < -0.4 is 0 Å². The van der Waals surface area contributed by atoms with E-state index in [-0.39, 0.29) is 5.91 Å². The zero-order chi connectivity index (χ0) is 17.9. The lowest BCUT2D eigenvalue weighted by molar-refractivity contribution is 0.0785. The van der Waals surface area contributed by atoms with Gasteiger partial charge in [-0.25, -0.2) is 4.98 Å². The molecule has 1 aromatic carbocycles. The monoisotopic (exact) mass is 346 g/mol. The number of likely N-dealkylation sites (tertiary alicyclic amines) is 1. The van der Waals surface area contributed by atoms with E-state index in [1.165, 1.54) is 0 Å². The average Bonchev–Trinajstić information content (AvgIpc) is 3.30. The van der Waals surface area contributed by atoms with E-state index < -0.39 is 0 Å². The molecule has 1 saturated heterocycles. The van der Waals surface area contributed by atoms with Crippen molar-refractivity contribution >= 4 is 5.91 Å². The van der Waals surface area contributed by atoms with Gasteiger partial charge in [0, 0.05) is 49.5 Å². The maximum absolute atomic E-state index is 12.6. The zero-order valence-electron chi connectivity index (χ0n) is 14.9. The number of amides is 1. The smallest absolute Gasteiger partial charge is 0.255 e. The Morgan fingerprint density at radius 1 is 1.15 bits per heavy atom. The quantitative estimate of drug-likeness (QED) is 0.727. The van der Waals surface area contributed by atoms with Gasteiger partial charge in [-0.2, -0.15) is 0 Å². The normalized spacial score (nSPS) is 16.8. The van der Waals surface area contributed by atoms with E-state index in [2.05, 4.69) is 33.6 Å². The van der Waals surface area contributed by atoms with Crippen LogP contribution in [0, 0.1) is 12.8 Å². The van der Waals surface area contributed by atoms with Gasteiger partial charge in [-0.05, 0) is 31.4 Å². The van der Waals surface area contributed by atoms with Crippen LogP contribution >= 0.6 is 0 Å². The van der Waals surface area contributed by atoms with Gasteiger partial charge in [-0.15, -0.1) is 0 Å². The van der Waals surface area contributed by atoms with Crippen molar-refractivity contribution < 1.29 is 4.79 Å². The maximum atomic E-state index is 12.6. The molecule has 3 aromatic rings. The van der Waals surface area contributed by atoms with Crippen LogP contribution in [0.1, 0.15) is 22.5 Å². The van der Waals surface area contributed by atoms with Crippen molar-refractivity contribution in [2.75, 3.05) is 13.1 Å². The highest BCUT2D eigenvalue weighted by Gasteiger charge is 2.28. The topological polar surface area (TPSA) is 51.0 Å². The Labute approximate surface area is 153 Å². The van der Waals surface area contributed by atoms with E-state index in [1.807, 2.05) is 41.4 Å². The zero-order valence-corrected chi connectivity index (χ0v) is 14.9. The highest BCUT2D eigenvalue weighted by Crippen LogP contribution is 2.25. The third-order valence-electron chi connectivity index (χ3n) is 5.01. The van der Waals surface area contributed by atoms with Crippen LogP contribution in [0.2, 0.25) is 0 Å². The van der Waals surface area contributed by atoms with E-state index in [0.717, 1.165) is 43.1 Å². The second kappa shape index (κ2) is 7.12. The van der Waals surface area contributed by atoms with Gasteiger partial charge in [0.1, 0.15) is 5.82 Å². The van der Waals surface area contributed by atoms with Gasteiger partial charge >= 0.3 is 0 Å². The van der Waals surface area contributed by atoms with Gasteiger partial charge in [0.25, 0.3) is 5.91 Å². The Balaban J connectivity index is 1.48. The molecule has 3 heterocycles. The first-order valence-corrected chi connectivity index (χ1v) is 8.99. The number of rotatable bonds is 4. The summed E-state index contributed by atoms with van der Waals surface area (Å²) in [6.45, 7) is 4.55. The Morgan fingerprint density at radius 2 is 2.00 bits per heavy atom. The molecule has 0 saturated carbocycles. The van der Waals surface area contributed by atoms with Crippen molar-refractivity contribution in [1.82, 2.24) is 19.4 Å². The number of carbonyl (C=O) groups excluding carboxylic acids is 1. The molecule has 0 aliphatic carbocycles. The Hall–Kier alpha value is -2.95. The number of aromatic nitrogens is 3. The third kappa shape index (κ3) is 3.25. The first kappa shape index (κ1) is 16.5. The third-order valence-corrected chi connectivity index (χ3v) is 5.01. The number of benzene rings is 1. The highest BCUT2D eigenvalue weighted by atomic mass is 16.2. The van der Waals surface area contributed by atoms with E-state index in [9.17, 15) is 4.79 Å². The van der Waals surface area contributed by atoms with Crippen LogP contribution in [-0.4, -0.2) is 38.4 Å². The molecule has 26 heavy (non-hydrogen) atoms. The molecule has 132 valence electrons. The van der Waals surface area contributed by atoms with Gasteiger partial charge in [-0.3, -0.25) is 9.78 Å². The minimum absolute atomic E-state index is 0.0752. The molecular weight excluding hydrogens is 324 g/mol. The number of pyridine rings is 1. The lowest BCUT2D eigenvalue weighted by Gasteiger charge is -2.18. The van der Waals surface area contributed by atoms with Crippen molar-refractivity contribution in [3.8, 4) is 11.4 Å². The molecule has 1 atom stereocenters. The van der Waals surface area contributed by atoms with E-state index in [1.54, 1.807) is 12.4 Å². The molecule has 0 bridgehead atoms. The van der Waals surface area contributed by atoms with Crippen LogP contribution in [0.5, 0.6) is 0 Å². The van der Waals surface area contributed by atoms with E-state index in [4.69, 9.17) is 0 Å². The Morgan fingerprint density at radius 3 is 2.77 bits per heavy atom. The van der Waals surface area contributed by atoms with Gasteiger partial charge < -0.3 is 9.47 Å². The van der Waals surface area contributed by atoms with Gasteiger partial charge in [0.15, 0.2) is 0 Å². The molecule has 4 rings (SSSR count).